The SMILES string of the molecule is O=C(CNC(=O)c1ccccc1)NCc1nnc2ccc(-c3ccccc3)nn12. The highest BCUT2D eigenvalue weighted by molar-refractivity contribution is 5.96. The number of nitrogens with zero attached hydrogens (tertiary/aromatic N) is 4. The molecule has 0 unspecified atom stereocenters. The van der Waals surface area contributed by atoms with Crippen LogP contribution < -0.4 is 10.6 Å². The van der Waals surface area contributed by atoms with Crippen LogP contribution in [0.25, 0.3) is 16.9 Å². The predicted molar refractivity (Wildman–Crippen MR) is 107 cm³/mol. The second-order valence-electron chi connectivity index (χ2n) is 6.30. The van der Waals surface area contributed by atoms with E-state index in [0.29, 0.717) is 17.0 Å². The van der Waals surface area contributed by atoms with Crippen LogP contribution in [0, 0.1) is 0 Å². The fraction of sp³-hybridized carbons (Fsp3) is 0.0952. The molecule has 8 heteroatoms. The van der Waals surface area contributed by atoms with Crippen LogP contribution in [0.4, 0.5) is 0 Å². The maximum absolute atomic E-state index is 12.1. The molecule has 2 heterocycles. The van der Waals surface area contributed by atoms with E-state index in [-0.39, 0.29) is 24.9 Å². The van der Waals surface area contributed by atoms with Crippen molar-refractivity contribution in [3.63, 3.8) is 0 Å². The van der Waals surface area contributed by atoms with Gasteiger partial charge < -0.3 is 10.6 Å². The molecule has 8 nitrogen and oxygen atoms in total. The summed E-state index contributed by atoms with van der Waals surface area (Å²) in [6.45, 7) is 0.0135. The minimum absolute atomic E-state index is 0.132. The minimum Gasteiger partial charge on any atom is -0.347 e. The maximum Gasteiger partial charge on any atom is 0.251 e. The van der Waals surface area contributed by atoms with Crippen molar-refractivity contribution < 1.29 is 9.59 Å². The Balaban J connectivity index is 1.39. The summed E-state index contributed by atoms with van der Waals surface area (Å²) in [6, 6.07) is 22.2. The number of aromatic nitrogens is 4. The Morgan fingerprint density at radius 3 is 2.31 bits per heavy atom. The van der Waals surface area contributed by atoms with Gasteiger partial charge in [0.05, 0.1) is 18.8 Å². The van der Waals surface area contributed by atoms with Crippen LogP contribution in [0.3, 0.4) is 0 Å². The van der Waals surface area contributed by atoms with Crippen LogP contribution >= 0.6 is 0 Å². The summed E-state index contributed by atoms with van der Waals surface area (Å²) >= 11 is 0. The first-order valence-corrected chi connectivity index (χ1v) is 9.07. The molecule has 0 saturated carbocycles. The third-order valence-corrected chi connectivity index (χ3v) is 4.29. The zero-order valence-electron chi connectivity index (χ0n) is 15.4. The Labute approximate surface area is 166 Å². The fourth-order valence-corrected chi connectivity index (χ4v) is 2.80. The van der Waals surface area contributed by atoms with E-state index in [2.05, 4.69) is 25.9 Å². The van der Waals surface area contributed by atoms with Gasteiger partial charge in [0.2, 0.25) is 5.91 Å². The van der Waals surface area contributed by atoms with Gasteiger partial charge in [0.15, 0.2) is 11.5 Å². The van der Waals surface area contributed by atoms with E-state index in [1.807, 2.05) is 48.5 Å². The van der Waals surface area contributed by atoms with Gasteiger partial charge in [-0.25, -0.2) is 0 Å². The van der Waals surface area contributed by atoms with Gasteiger partial charge in [0.25, 0.3) is 5.91 Å². The standard InChI is InChI=1S/C21H18N6O2/c28-20(14-23-21(29)16-9-5-2-6-10-16)22-13-19-25-24-18-12-11-17(26-27(18)19)15-7-3-1-4-8-15/h1-12H,13-14H2,(H,22,28)(H,23,29). The van der Waals surface area contributed by atoms with Crippen molar-refractivity contribution in [3.05, 3.63) is 84.2 Å². The molecule has 29 heavy (non-hydrogen) atoms. The summed E-state index contributed by atoms with van der Waals surface area (Å²) in [5, 5.41) is 18.0. The number of amides is 2. The second kappa shape index (κ2) is 8.30. The molecule has 0 aliphatic rings. The lowest BCUT2D eigenvalue weighted by molar-refractivity contribution is -0.120. The molecule has 0 aliphatic carbocycles. The minimum atomic E-state index is -0.328. The van der Waals surface area contributed by atoms with Gasteiger partial charge in [0.1, 0.15) is 0 Å². The average Bonchev–Trinajstić information content (AvgIpc) is 3.19. The number of carbonyl (C=O) groups is 2. The van der Waals surface area contributed by atoms with Crippen molar-refractivity contribution >= 4 is 17.5 Å². The number of rotatable bonds is 6. The third-order valence-electron chi connectivity index (χ3n) is 4.29. The predicted octanol–water partition coefficient (Wildman–Crippen LogP) is 1.84. The largest absolute Gasteiger partial charge is 0.347 e. The van der Waals surface area contributed by atoms with Gasteiger partial charge in [-0.15, -0.1) is 10.2 Å². The van der Waals surface area contributed by atoms with Crippen LogP contribution in [-0.2, 0) is 11.3 Å². The highest BCUT2D eigenvalue weighted by Crippen LogP contribution is 2.16. The molecule has 0 saturated heterocycles. The topological polar surface area (TPSA) is 101 Å². The summed E-state index contributed by atoms with van der Waals surface area (Å²) < 4.78 is 1.60. The van der Waals surface area contributed by atoms with Gasteiger partial charge >= 0.3 is 0 Å². The smallest absolute Gasteiger partial charge is 0.251 e. The zero-order chi connectivity index (χ0) is 20.1. The molecular weight excluding hydrogens is 368 g/mol. The van der Waals surface area contributed by atoms with E-state index in [1.165, 1.54) is 0 Å². The molecular formula is C21H18N6O2. The number of hydrogen-bond acceptors (Lipinski definition) is 5. The van der Waals surface area contributed by atoms with Gasteiger partial charge in [-0.3, -0.25) is 9.59 Å². The van der Waals surface area contributed by atoms with Crippen molar-refractivity contribution in [3.8, 4) is 11.3 Å². The van der Waals surface area contributed by atoms with Crippen LogP contribution in [0.2, 0.25) is 0 Å². The summed E-state index contributed by atoms with van der Waals surface area (Å²) in [4.78, 5) is 24.1. The van der Waals surface area contributed by atoms with E-state index in [4.69, 9.17) is 0 Å². The van der Waals surface area contributed by atoms with E-state index < -0.39 is 0 Å². The first kappa shape index (κ1) is 18.3. The normalized spacial score (nSPS) is 10.6. The monoisotopic (exact) mass is 386 g/mol. The van der Waals surface area contributed by atoms with Crippen LogP contribution in [0.15, 0.2) is 72.8 Å². The Morgan fingerprint density at radius 1 is 0.828 bits per heavy atom. The summed E-state index contributed by atoms with van der Waals surface area (Å²) in [7, 11) is 0. The quantitative estimate of drug-likeness (QED) is 0.527. The first-order valence-electron chi connectivity index (χ1n) is 9.07. The van der Waals surface area contributed by atoms with Crippen molar-refractivity contribution in [1.29, 1.82) is 0 Å². The molecule has 144 valence electrons. The van der Waals surface area contributed by atoms with Gasteiger partial charge in [-0.05, 0) is 24.3 Å². The summed E-state index contributed by atoms with van der Waals surface area (Å²) in [5.74, 6) is -0.131. The van der Waals surface area contributed by atoms with E-state index >= 15 is 0 Å². The van der Waals surface area contributed by atoms with Crippen LogP contribution in [-0.4, -0.2) is 38.2 Å². The molecule has 0 atom stereocenters. The number of carbonyl (C=O) groups excluding carboxylic acids is 2. The molecule has 4 aromatic rings. The number of hydrogen-bond donors (Lipinski definition) is 2. The number of fused-ring (bicyclic) bond motifs is 1. The molecule has 2 aromatic carbocycles. The Kier molecular flexibility index (Phi) is 5.24. The molecule has 0 bridgehead atoms. The van der Waals surface area contributed by atoms with Gasteiger partial charge in [-0.2, -0.15) is 9.61 Å². The lowest BCUT2D eigenvalue weighted by Gasteiger charge is -2.07. The molecule has 2 amide bonds. The fourth-order valence-electron chi connectivity index (χ4n) is 2.80. The highest BCUT2D eigenvalue weighted by atomic mass is 16.2. The zero-order valence-corrected chi connectivity index (χ0v) is 15.4. The Morgan fingerprint density at radius 2 is 1.55 bits per heavy atom. The number of nitrogens with one attached hydrogen (secondary N) is 2. The van der Waals surface area contributed by atoms with Crippen molar-refractivity contribution in [1.82, 2.24) is 30.4 Å². The lowest BCUT2D eigenvalue weighted by atomic mass is 10.1. The Hall–Kier alpha value is -4.07. The van der Waals surface area contributed by atoms with Crippen molar-refractivity contribution in [2.75, 3.05) is 6.54 Å². The molecule has 0 radical (unpaired) electrons. The maximum atomic E-state index is 12.1. The second-order valence-corrected chi connectivity index (χ2v) is 6.30. The van der Waals surface area contributed by atoms with E-state index in [9.17, 15) is 9.59 Å². The number of benzene rings is 2. The van der Waals surface area contributed by atoms with Crippen LogP contribution in [0.5, 0.6) is 0 Å². The molecule has 0 fully saturated rings. The summed E-state index contributed by atoms with van der Waals surface area (Å²) in [5.41, 5.74) is 2.84. The molecule has 0 spiro atoms. The van der Waals surface area contributed by atoms with Gasteiger partial charge in [-0.1, -0.05) is 48.5 Å². The third kappa shape index (κ3) is 4.27. The molecule has 0 aliphatic heterocycles. The average molecular weight is 386 g/mol. The first-order chi connectivity index (χ1) is 14.2. The summed E-state index contributed by atoms with van der Waals surface area (Å²) in [6.07, 6.45) is 0. The van der Waals surface area contributed by atoms with Crippen LogP contribution in [0.1, 0.15) is 16.2 Å². The molecule has 2 N–H and O–H groups in total. The molecule has 4 rings (SSSR count). The van der Waals surface area contributed by atoms with E-state index in [0.717, 1.165) is 11.3 Å². The van der Waals surface area contributed by atoms with E-state index in [1.54, 1.807) is 28.8 Å². The Bertz CT molecular complexity index is 1140. The molecule has 2 aromatic heterocycles. The van der Waals surface area contributed by atoms with Crippen molar-refractivity contribution in [2.24, 2.45) is 0 Å². The highest BCUT2D eigenvalue weighted by Gasteiger charge is 2.11. The lowest BCUT2D eigenvalue weighted by Crippen LogP contribution is -2.36. The van der Waals surface area contributed by atoms with Gasteiger partial charge in [0, 0.05) is 11.1 Å². The van der Waals surface area contributed by atoms with Crippen molar-refractivity contribution in [2.45, 2.75) is 6.54 Å².